The molecule has 0 amide bonds. The lowest BCUT2D eigenvalue weighted by atomic mass is 10.2. The monoisotopic (exact) mass is 253 g/mol. The molecule has 2 heterocycles. The number of azo groups is 1. The summed E-state index contributed by atoms with van der Waals surface area (Å²) in [6, 6.07) is 9.40. The second-order valence-corrected chi connectivity index (χ2v) is 3.92. The first kappa shape index (κ1) is 11.1. The maximum atomic E-state index is 5.65. The number of pyridine rings is 1. The Hall–Kier alpha value is -2.96. The quantitative estimate of drug-likeness (QED) is 0.608. The minimum Gasteiger partial charge on any atom is -0.382 e. The third-order valence-electron chi connectivity index (χ3n) is 2.67. The third kappa shape index (κ3) is 1.97. The highest BCUT2D eigenvalue weighted by Crippen LogP contribution is 2.30. The number of nitrogen functional groups attached to an aromatic ring is 2. The van der Waals surface area contributed by atoms with Gasteiger partial charge in [-0.25, -0.2) is 0 Å². The molecule has 0 unspecified atom stereocenters. The Morgan fingerprint density at radius 3 is 2.74 bits per heavy atom. The number of aromatic amines is 1. The fraction of sp³-hybridized carbons (Fsp3) is 0. The number of hydrogen-bond donors (Lipinski definition) is 3. The summed E-state index contributed by atoms with van der Waals surface area (Å²) < 4.78 is 0. The van der Waals surface area contributed by atoms with Crippen LogP contribution in [0.1, 0.15) is 0 Å². The Labute approximate surface area is 108 Å². The summed E-state index contributed by atoms with van der Waals surface area (Å²) in [5.74, 6) is 0.513. The van der Waals surface area contributed by atoms with Crippen LogP contribution in [0.15, 0.2) is 46.8 Å². The maximum absolute atomic E-state index is 5.65. The first-order valence-electron chi connectivity index (χ1n) is 5.60. The summed E-state index contributed by atoms with van der Waals surface area (Å²) in [5.41, 5.74) is 13.2. The van der Waals surface area contributed by atoms with Gasteiger partial charge >= 0.3 is 0 Å². The predicted octanol–water partition coefficient (Wildman–Crippen LogP) is 2.54. The van der Waals surface area contributed by atoms with Gasteiger partial charge in [-0.3, -0.25) is 10.1 Å². The van der Waals surface area contributed by atoms with Crippen LogP contribution >= 0.6 is 0 Å². The molecule has 0 bridgehead atoms. The first-order chi connectivity index (χ1) is 9.25. The summed E-state index contributed by atoms with van der Waals surface area (Å²) >= 11 is 0. The van der Waals surface area contributed by atoms with Gasteiger partial charge in [0.05, 0.1) is 11.2 Å². The number of nitrogens with one attached hydrogen (secondary N) is 1. The molecular formula is C12H11N7. The van der Waals surface area contributed by atoms with Crippen LogP contribution in [0.2, 0.25) is 0 Å². The third-order valence-corrected chi connectivity index (χ3v) is 2.67. The highest BCUT2D eigenvalue weighted by atomic mass is 15.2. The van der Waals surface area contributed by atoms with E-state index >= 15 is 0 Å². The summed E-state index contributed by atoms with van der Waals surface area (Å²) in [5, 5.41) is 15.4. The molecule has 0 atom stereocenters. The average molecular weight is 253 g/mol. The van der Waals surface area contributed by atoms with Crippen LogP contribution in [0.4, 0.5) is 23.0 Å². The van der Waals surface area contributed by atoms with Gasteiger partial charge < -0.3 is 11.5 Å². The van der Waals surface area contributed by atoms with Crippen molar-refractivity contribution in [2.45, 2.75) is 0 Å². The van der Waals surface area contributed by atoms with E-state index in [2.05, 4.69) is 25.4 Å². The molecule has 0 spiro atoms. The number of aromatic nitrogens is 3. The van der Waals surface area contributed by atoms with Crippen molar-refractivity contribution in [1.82, 2.24) is 15.2 Å². The summed E-state index contributed by atoms with van der Waals surface area (Å²) in [6.45, 7) is 0. The van der Waals surface area contributed by atoms with Crippen molar-refractivity contribution in [2.24, 2.45) is 10.2 Å². The van der Waals surface area contributed by atoms with Gasteiger partial charge in [-0.1, -0.05) is 6.07 Å². The zero-order chi connectivity index (χ0) is 13.2. The standard InChI is InChI=1S/C12H11N7/c13-11-10(12(14)19-18-11)17-16-9-5-1-4-8-7(9)3-2-6-15-8/h1-6H,(H5,13,14,18,19). The van der Waals surface area contributed by atoms with Crippen molar-refractivity contribution in [1.29, 1.82) is 0 Å². The van der Waals surface area contributed by atoms with Gasteiger partial charge in [-0.2, -0.15) is 5.10 Å². The number of benzene rings is 1. The number of nitrogens with zero attached hydrogens (tertiary/aromatic N) is 4. The van der Waals surface area contributed by atoms with Crippen LogP contribution in [-0.4, -0.2) is 15.2 Å². The second-order valence-electron chi connectivity index (χ2n) is 3.92. The molecule has 0 aliphatic carbocycles. The van der Waals surface area contributed by atoms with E-state index in [0.29, 0.717) is 17.2 Å². The van der Waals surface area contributed by atoms with Gasteiger partial charge in [0.25, 0.3) is 0 Å². The zero-order valence-electron chi connectivity index (χ0n) is 9.91. The molecule has 0 fully saturated rings. The molecule has 0 radical (unpaired) electrons. The van der Waals surface area contributed by atoms with Crippen molar-refractivity contribution in [2.75, 3.05) is 11.5 Å². The molecule has 94 valence electrons. The Morgan fingerprint density at radius 2 is 1.95 bits per heavy atom. The molecule has 3 aromatic rings. The van der Waals surface area contributed by atoms with Crippen LogP contribution in [0, 0.1) is 0 Å². The van der Waals surface area contributed by atoms with Crippen LogP contribution in [-0.2, 0) is 0 Å². The smallest absolute Gasteiger partial charge is 0.175 e. The van der Waals surface area contributed by atoms with E-state index < -0.39 is 0 Å². The van der Waals surface area contributed by atoms with Crippen molar-refractivity contribution in [3.63, 3.8) is 0 Å². The van der Waals surface area contributed by atoms with E-state index in [9.17, 15) is 0 Å². The number of hydrogen-bond acceptors (Lipinski definition) is 6. The van der Waals surface area contributed by atoms with Crippen molar-refractivity contribution < 1.29 is 0 Å². The molecule has 0 saturated heterocycles. The van der Waals surface area contributed by atoms with Crippen molar-refractivity contribution in [3.05, 3.63) is 36.5 Å². The topological polar surface area (TPSA) is 118 Å². The molecule has 5 N–H and O–H groups in total. The lowest BCUT2D eigenvalue weighted by Crippen LogP contribution is -1.84. The minimum absolute atomic E-state index is 0.222. The fourth-order valence-electron chi connectivity index (χ4n) is 1.75. The van der Waals surface area contributed by atoms with Crippen LogP contribution < -0.4 is 11.5 Å². The molecule has 2 aromatic heterocycles. The number of anilines is 2. The molecular weight excluding hydrogens is 242 g/mol. The molecule has 1 aromatic carbocycles. The van der Waals surface area contributed by atoms with Gasteiger partial charge in [0.15, 0.2) is 11.5 Å². The summed E-state index contributed by atoms with van der Waals surface area (Å²) in [7, 11) is 0. The van der Waals surface area contributed by atoms with Crippen LogP contribution in [0.25, 0.3) is 10.9 Å². The summed E-state index contributed by atoms with van der Waals surface area (Å²) in [4.78, 5) is 4.25. The fourth-order valence-corrected chi connectivity index (χ4v) is 1.75. The molecule has 0 saturated carbocycles. The maximum Gasteiger partial charge on any atom is 0.175 e. The Balaban J connectivity index is 2.07. The molecule has 7 heteroatoms. The SMILES string of the molecule is Nc1n[nH]c(N)c1N=Nc1cccc2ncccc12. The second kappa shape index (κ2) is 4.37. The van der Waals surface area contributed by atoms with E-state index in [1.54, 1.807) is 6.20 Å². The number of rotatable bonds is 2. The van der Waals surface area contributed by atoms with Gasteiger partial charge in [-0.05, 0) is 24.3 Å². The van der Waals surface area contributed by atoms with E-state index in [0.717, 1.165) is 10.9 Å². The molecule has 19 heavy (non-hydrogen) atoms. The Kier molecular flexibility index (Phi) is 2.57. The summed E-state index contributed by atoms with van der Waals surface area (Å²) in [6.07, 6.45) is 1.73. The van der Waals surface area contributed by atoms with Gasteiger partial charge in [0.2, 0.25) is 0 Å². The van der Waals surface area contributed by atoms with E-state index in [1.807, 2.05) is 30.3 Å². The van der Waals surface area contributed by atoms with Gasteiger partial charge in [0, 0.05) is 11.6 Å². The van der Waals surface area contributed by atoms with Gasteiger partial charge in [-0.15, -0.1) is 10.2 Å². The minimum atomic E-state index is 0.222. The van der Waals surface area contributed by atoms with Crippen molar-refractivity contribution in [3.8, 4) is 0 Å². The zero-order valence-corrected chi connectivity index (χ0v) is 9.91. The lowest BCUT2D eigenvalue weighted by molar-refractivity contribution is 1.11. The number of fused-ring (bicyclic) bond motifs is 1. The molecule has 0 aliphatic rings. The van der Waals surface area contributed by atoms with Crippen molar-refractivity contribution >= 4 is 33.9 Å². The van der Waals surface area contributed by atoms with Gasteiger partial charge in [0.1, 0.15) is 5.82 Å². The molecule has 3 rings (SSSR count). The van der Waals surface area contributed by atoms with Crippen LogP contribution in [0.3, 0.4) is 0 Å². The lowest BCUT2D eigenvalue weighted by Gasteiger charge is -1.99. The molecule has 0 aliphatic heterocycles. The van der Waals surface area contributed by atoms with E-state index in [4.69, 9.17) is 11.5 Å². The number of H-pyrrole nitrogens is 1. The largest absolute Gasteiger partial charge is 0.382 e. The molecule has 7 nitrogen and oxygen atoms in total. The predicted molar refractivity (Wildman–Crippen MR) is 73.3 cm³/mol. The normalized spacial score (nSPS) is 11.4. The Morgan fingerprint density at radius 1 is 1.05 bits per heavy atom. The highest BCUT2D eigenvalue weighted by Gasteiger charge is 2.07. The number of nitrogens with two attached hydrogens (primary N) is 2. The Bertz CT molecular complexity index is 735. The average Bonchev–Trinajstić information content (AvgIpc) is 2.76. The highest BCUT2D eigenvalue weighted by molar-refractivity contribution is 5.89. The van der Waals surface area contributed by atoms with Crippen LogP contribution in [0.5, 0.6) is 0 Å². The first-order valence-corrected chi connectivity index (χ1v) is 5.60. The van der Waals surface area contributed by atoms with E-state index in [-0.39, 0.29) is 5.82 Å². The van der Waals surface area contributed by atoms with E-state index in [1.165, 1.54) is 0 Å².